The molecular weight excluding hydrogens is 403 g/mol. The van der Waals surface area contributed by atoms with Crippen LogP contribution in [-0.2, 0) is 0 Å². The topological polar surface area (TPSA) is 119 Å². The summed E-state index contributed by atoms with van der Waals surface area (Å²) in [6.07, 6.45) is 6.35. The van der Waals surface area contributed by atoms with Crippen molar-refractivity contribution in [3.05, 3.63) is 78.9 Å². The minimum atomic E-state index is -1.05. The van der Waals surface area contributed by atoms with Gasteiger partial charge in [-0.1, -0.05) is 36.4 Å². The summed E-state index contributed by atoms with van der Waals surface area (Å²) in [5.74, 6) is -0.633. The summed E-state index contributed by atoms with van der Waals surface area (Å²) >= 11 is 0. The highest BCUT2D eigenvalue weighted by molar-refractivity contribution is 6.38. The van der Waals surface area contributed by atoms with Crippen molar-refractivity contribution in [2.75, 3.05) is 5.73 Å². The van der Waals surface area contributed by atoms with Crippen LogP contribution >= 0.6 is 0 Å². The zero-order chi connectivity index (χ0) is 22.2. The van der Waals surface area contributed by atoms with Gasteiger partial charge in [0.1, 0.15) is 13.7 Å². The second kappa shape index (κ2) is 7.62. The van der Waals surface area contributed by atoms with Crippen molar-refractivity contribution < 1.29 is 9.90 Å². The van der Waals surface area contributed by atoms with E-state index < -0.39 is 5.97 Å². The quantitative estimate of drug-likeness (QED) is 0.427. The second-order valence-electron chi connectivity index (χ2n) is 7.33. The number of carboxylic acids is 1. The number of rotatable bonds is 4. The number of nitrogen functional groups attached to an aromatic ring is 1. The molecule has 32 heavy (non-hydrogen) atoms. The Labute approximate surface area is 183 Å². The van der Waals surface area contributed by atoms with Gasteiger partial charge in [0.15, 0.2) is 5.65 Å². The number of benzene rings is 1. The Morgan fingerprint density at radius 2 is 1.78 bits per heavy atom. The minimum absolute atomic E-state index is 0.0802. The number of nitrogens with two attached hydrogens (primary N) is 1. The molecule has 8 nitrogen and oxygen atoms in total. The Balaban J connectivity index is 1.63. The van der Waals surface area contributed by atoms with Gasteiger partial charge >= 0.3 is 5.97 Å². The number of carbonyl (C=O) groups is 1. The third-order valence-electron chi connectivity index (χ3n) is 5.33. The molecule has 9 heteroatoms. The SMILES string of the molecule is Bc1c(-c2cncc(C(=O)O)c2)nc2c(-c3ccc(-c4ccccc4)nc3)cnn2c1N. The number of pyridine rings is 2. The highest BCUT2D eigenvalue weighted by atomic mass is 16.4. The molecule has 4 heterocycles. The fourth-order valence-electron chi connectivity index (χ4n) is 3.60. The molecule has 1 aromatic carbocycles. The van der Waals surface area contributed by atoms with E-state index in [2.05, 4.69) is 15.1 Å². The third kappa shape index (κ3) is 3.25. The predicted octanol–water partition coefficient (Wildman–Crippen LogP) is 2.06. The Morgan fingerprint density at radius 3 is 2.50 bits per heavy atom. The van der Waals surface area contributed by atoms with Crippen LogP contribution in [0, 0.1) is 0 Å². The Hall–Kier alpha value is -4.53. The molecule has 0 spiro atoms. The Kier molecular flexibility index (Phi) is 4.63. The summed E-state index contributed by atoms with van der Waals surface area (Å²) in [6, 6.07) is 15.4. The normalized spacial score (nSPS) is 11.0. The van der Waals surface area contributed by atoms with E-state index in [0.29, 0.717) is 28.2 Å². The van der Waals surface area contributed by atoms with Gasteiger partial charge in [-0.2, -0.15) is 9.61 Å². The lowest BCUT2D eigenvalue weighted by atomic mass is 9.91. The van der Waals surface area contributed by atoms with Crippen molar-refractivity contribution in [2.45, 2.75) is 0 Å². The molecule has 0 saturated carbocycles. The molecule has 0 aliphatic rings. The predicted molar refractivity (Wildman–Crippen MR) is 124 cm³/mol. The van der Waals surface area contributed by atoms with Crippen molar-refractivity contribution >= 4 is 30.7 Å². The van der Waals surface area contributed by atoms with Gasteiger partial charge in [-0.3, -0.25) is 9.97 Å². The number of hydrogen-bond acceptors (Lipinski definition) is 6. The maximum absolute atomic E-state index is 11.4. The maximum Gasteiger partial charge on any atom is 0.337 e. The molecule has 3 N–H and O–H groups in total. The van der Waals surface area contributed by atoms with E-state index in [1.165, 1.54) is 12.3 Å². The highest BCUT2D eigenvalue weighted by Gasteiger charge is 2.17. The summed E-state index contributed by atoms with van der Waals surface area (Å²) in [5.41, 5.74) is 12.3. The van der Waals surface area contributed by atoms with Crippen LogP contribution in [0.4, 0.5) is 5.82 Å². The fourth-order valence-corrected chi connectivity index (χ4v) is 3.60. The standard InChI is InChI=1S/C23H17BN6O2/c24-19-20(15-8-16(23(31)32)10-26-9-15)29-22-17(12-28-30(22)21(19)25)14-6-7-18(27-11-14)13-4-2-1-3-5-13/h1-12H,24-25H2,(H,31,32). The molecule has 0 aliphatic heterocycles. The maximum atomic E-state index is 11.4. The molecule has 0 aliphatic carbocycles. The van der Waals surface area contributed by atoms with Crippen LogP contribution in [0.15, 0.2) is 73.3 Å². The summed E-state index contributed by atoms with van der Waals surface area (Å²) < 4.78 is 1.58. The van der Waals surface area contributed by atoms with Crippen LogP contribution in [-0.4, -0.2) is 43.5 Å². The van der Waals surface area contributed by atoms with Gasteiger partial charge in [0.2, 0.25) is 0 Å². The van der Waals surface area contributed by atoms with E-state index >= 15 is 0 Å². The first-order chi connectivity index (χ1) is 15.5. The van der Waals surface area contributed by atoms with Crippen molar-refractivity contribution in [1.82, 2.24) is 24.6 Å². The van der Waals surface area contributed by atoms with Crippen LogP contribution in [0.5, 0.6) is 0 Å². The van der Waals surface area contributed by atoms with E-state index in [4.69, 9.17) is 10.7 Å². The Bertz CT molecular complexity index is 1470. The molecule has 4 aromatic heterocycles. The van der Waals surface area contributed by atoms with Crippen LogP contribution in [0.3, 0.4) is 0 Å². The van der Waals surface area contributed by atoms with E-state index in [-0.39, 0.29) is 5.56 Å². The second-order valence-corrected chi connectivity index (χ2v) is 7.33. The number of hydrogen-bond donors (Lipinski definition) is 2. The zero-order valence-electron chi connectivity index (χ0n) is 17.1. The van der Waals surface area contributed by atoms with Crippen molar-refractivity contribution in [3.8, 4) is 33.6 Å². The summed E-state index contributed by atoms with van der Waals surface area (Å²) in [5, 5.41) is 13.7. The monoisotopic (exact) mass is 420 g/mol. The first-order valence-electron chi connectivity index (χ1n) is 9.87. The molecule has 0 saturated heterocycles. The number of anilines is 1. The van der Waals surface area contributed by atoms with E-state index in [0.717, 1.165) is 22.4 Å². The number of carboxylic acid groups (broad SMARTS) is 1. The van der Waals surface area contributed by atoms with Crippen LogP contribution in [0.1, 0.15) is 10.4 Å². The van der Waals surface area contributed by atoms with Gasteiger partial charge < -0.3 is 10.8 Å². The van der Waals surface area contributed by atoms with Gasteiger partial charge in [0, 0.05) is 40.8 Å². The van der Waals surface area contributed by atoms with Gasteiger partial charge in [-0.25, -0.2) is 9.78 Å². The lowest BCUT2D eigenvalue weighted by Gasteiger charge is -2.11. The molecule has 154 valence electrons. The molecule has 5 rings (SSSR count). The summed E-state index contributed by atoms with van der Waals surface area (Å²) in [6.45, 7) is 0. The lowest BCUT2D eigenvalue weighted by molar-refractivity contribution is 0.0696. The first-order valence-corrected chi connectivity index (χ1v) is 9.87. The fraction of sp³-hybridized carbons (Fsp3) is 0. The number of aromatic nitrogens is 5. The molecule has 5 aromatic rings. The van der Waals surface area contributed by atoms with Gasteiger partial charge in [0.25, 0.3) is 0 Å². The van der Waals surface area contributed by atoms with Crippen molar-refractivity contribution in [3.63, 3.8) is 0 Å². The average molecular weight is 420 g/mol. The summed E-state index contributed by atoms with van der Waals surface area (Å²) in [4.78, 5) is 24.8. The number of fused-ring (bicyclic) bond motifs is 1. The molecule has 0 unspecified atom stereocenters. The van der Waals surface area contributed by atoms with Crippen molar-refractivity contribution in [2.24, 2.45) is 0 Å². The third-order valence-corrected chi connectivity index (χ3v) is 5.33. The molecule has 0 radical (unpaired) electrons. The lowest BCUT2D eigenvalue weighted by Crippen LogP contribution is -2.20. The molecular formula is C23H17BN6O2. The van der Waals surface area contributed by atoms with E-state index in [9.17, 15) is 9.90 Å². The van der Waals surface area contributed by atoms with Crippen molar-refractivity contribution in [1.29, 1.82) is 0 Å². The van der Waals surface area contributed by atoms with Crippen LogP contribution in [0.25, 0.3) is 39.3 Å². The zero-order valence-corrected chi connectivity index (χ0v) is 17.1. The first kappa shape index (κ1) is 19.4. The van der Waals surface area contributed by atoms with Gasteiger partial charge in [-0.15, -0.1) is 0 Å². The van der Waals surface area contributed by atoms with Crippen LogP contribution < -0.4 is 11.2 Å². The molecule has 0 atom stereocenters. The largest absolute Gasteiger partial charge is 0.478 e. The Morgan fingerprint density at radius 1 is 0.969 bits per heavy atom. The van der Waals surface area contributed by atoms with E-state index in [1.807, 2.05) is 50.3 Å². The van der Waals surface area contributed by atoms with Gasteiger partial charge in [-0.05, 0) is 17.6 Å². The smallest absolute Gasteiger partial charge is 0.337 e. The number of aromatic carboxylic acids is 1. The average Bonchev–Trinajstić information content (AvgIpc) is 3.26. The molecule has 0 amide bonds. The molecule has 0 fully saturated rings. The summed E-state index contributed by atoms with van der Waals surface area (Å²) in [7, 11) is 1.82. The highest BCUT2D eigenvalue weighted by Crippen LogP contribution is 2.28. The minimum Gasteiger partial charge on any atom is -0.478 e. The molecule has 0 bridgehead atoms. The van der Waals surface area contributed by atoms with E-state index in [1.54, 1.807) is 23.1 Å². The van der Waals surface area contributed by atoms with Crippen LogP contribution in [0.2, 0.25) is 0 Å². The number of nitrogens with zero attached hydrogens (tertiary/aromatic N) is 5. The van der Waals surface area contributed by atoms with Gasteiger partial charge in [0.05, 0.1) is 23.1 Å².